The van der Waals surface area contributed by atoms with Gasteiger partial charge in [0.25, 0.3) is 0 Å². The number of nitrogens with one attached hydrogen (secondary N) is 1. The number of H-pyrrole nitrogens is 1. The van der Waals surface area contributed by atoms with Gasteiger partial charge < -0.3 is 19.4 Å². The van der Waals surface area contributed by atoms with Gasteiger partial charge in [0.05, 0.1) is 17.8 Å². The van der Waals surface area contributed by atoms with Gasteiger partial charge in [0, 0.05) is 47.8 Å². The van der Waals surface area contributed by atoms with Gasteiger partial charge in [-0.05, 0) is 89.6 Å². The number of imidazole rings is 1. The Morgan fingerprint density at radius 3 is 2.58 bits per heavy atom. The second-order valence-electron chi connectivity index (χ2n) is 12.7. The fraction of sp³-hybridized carbons (Fsp3) is 0.389. The summed E-state index contributed by atoms with van der Waals surface area (Å²) in [6.07, 6.45) is 6.37. The number of rotatable bonds is 7. The van der Waals surface area contributed by atoms with Crippen molar-refractivity contribution in [2.45, 2.75) is 79.2 Å². The summed E-state index contributed by atoms with van der Waals surface area (Å²) in [5.74, 6) is 0.725. The average Bonchev–Trinajstić information content (AvgIpc) is 3.60. The summed E-state index contributed by atoms with van der Waals surface area (Å²) in [7, 11) is 0. The van der Waals surface area contributed by atoms with Gasteiger partial charge in [0.2, 0.25) is 0 Å². The third-order valence-corrected chi connectivity index (χ3v) is 8.32. The summed E-state index contributed by atoms with van der Waals surface area (Å²) in [4.78, 5) is 27.7. The monoisotopic (exact) mass is 606 g/mol. The van der Waals surface area contributed by atoms with Crippen LogP contribution in [0.1, 0.15) is 70.0 Å². The maximum Gasteiger partial charge on any atom is 0.410 e. The van der Waals surface area contributed by atoms with Gasteiger partial charge in [0.1, 0.15) is 11.3 Å². The lowest BCUT2D eigenvalue weighted by Gasteiger charge is -2.27. The molecule has 5 aromatic rings. The van der Waals surface area contributed by atoms with Gasteiger partial charge in [-0.1, -0.05) is 36.4 Å². The molecule has 1 unspecified atom stereocenters. The maximum absolute atomic E-state index is 12.9. The zero-order valence-electron chi connectivity index (χ0n) is 27.1. The van der Waals surface area contributed by atoms with Crippen molar-refractivity contribution in [3.05, 3.63) is 77.7 Å². The van der Waals surface area contributed by atoms with E-state index in [4.69, 9.17) is 19.6 Å². The van der Waals surface area contributed by atoms with Crippen molar-refractivity contribution < 1.29 is 14.3 Å². The largest absolute Gasteiger partial charge is 0.444 e. The quantitative estimate of drug-likeness (QED) is 0.200. The van der Waals surface area contributed by atoms with Crippen LogP contribution in [0.3, 0.4) is 0 Å². The zero-order valence-corrected chi connectivity index (χ0v) is 27.1. The Balaban J connectivity index is 1.42. The van der Waals surface area contributed by atoms with Gasteiger partial charge in [-0.25, -0.2) is 14.5 Å². The number of ether oxygens (including phenoxy) is 2. The summed E-state index contributed by atoms with van der Waals surface area (Å²) in [5, 5.41) is 6.12. The third kappa shape index (κ3) is 6.35. The van der Waals surface area contributed by atoms with E-state index in [1.165, 1.54) is 0 Å². The first kappa shape index (κ1) is 30.5. The molecule has 0 radical (unpaired) electrons. The number of pyridine rings is 1. The van der Waals surface area contributed by atoms with Gasteiger partial charge >= 0.3 is 6.09 Å². The highest BCUT2D eigenvalue weighted by atomic mass is 16.6. The Bertz CT molecular complexity index is 1810. The number of aromatic amines is 1. The molecular formula is C36H42N6O3. The highest BCUT2D eigenvalue weighted by Crippen LogP contribution is 2.37. The second-order valence-corrected chi connectivity index (χ2v) is 12.7. The average molecular weight is 607 g/mol. The number of carbonyl (C=O) groups excluding carboxylic acids is 1. The van der Waals surface area contributed by atoms with Crippen LogP contribution < -0.4 is 0 Å². The first-order valence-electron chi connectivity index (χ1n) is 15.8. The number of nitrogens with zero attached hydrogens (tertiary/aromatic N) is 5. The van der Waals surface area contributed by atoms with Crippen molar-refractivity contribution in [1.29, 1.82) is 0 Å². The van der Waals surface area contributed by atoms with Crippen molar-refractivity contribution in [2.24, 2.45) is 0 Å². The van der Waals surface area contributed by atoms with Crippen LogP contribution in [0.15, 0.2) is 60.9 Å². The van der Waals surface area contributed by atoms with Crippen molar-refractivity contribution in [2.75, 3.05) is 13.2 Å². The van der Waals surface area contributed by atoms with Gasteiger partial charge in [-0.2, -0.15) is 5.10 Å². The summed E-state index contributed by atoms with van der Waals surface area (Å²) < 4.78 is 13.9. The molecule has 9 nitrogen and oxygen atoms in total. The first-order valence-corrected chi connectivity index (χ1v) is 15.8. The number of carbonyl (C=O) groups is 1. The number of fused-ring (bicyclic) bond motifs is 1. The van der Waals surface area contributed by atoms with E-state index < -0.39 is 5.60 Å². The molecule has 6 rings (SSSR count). The van der Waals surface area contributed by atoms with E-state index in [1.54, 1.807) is 4.90 Å². The van der Waals surface area contributed by atoms with Crippen LogP contribution >= 0.6 is 0 Å². The molecule has 1 saturated heterocycles. The molecule has 9 heteroatoms. The molecule has 0 bridgehead atoms. The fourth-order valence-electron chi connectivity index (χ4n) is 5.93. The third-order valence-electron chi connectivity index (χ3n) is 8.32. The van der Waals surface area contributed by atoms with E-state index in [0.717, 1.165) is 87.5 Å². The van der Waals surface area contributed by atoms with Gasteiger partial charge in [-0.3, -0.25) is 4.98 Å². The van der Waals surface area contributed by atoms with E-state index in [1.807, 2.05) is 69.9 Å². The van der Waals surface area contributed by atoms with Crippen LogP contribution in [0.4, 0.5) is 4.79 Å². The van der Waals surface area contributed by atoms with Gasteiger partial charge in [-0.15, -0.1) is 0 Å². The van der Waals surface area contributed by atoms with E-state index in [9.17, 15) is 4.79 Å². The summed E-state index contributed by atoms with van der Waals surface area (Å²) in [6, 6.07) is 16.6. The predicted molar refractivity (Wildman–Crippen MR) is 177 cm³/mol. The lowest BCUT2D eigenvalue weighted by Crippen LogP contribution is -2.36. The SMILES string of the molecule is CCN(Cc1cncc(-c2ccc3c(c2)c(-c2nc(-c4ccccc4)c(C)[nH]2)nn3C2CCCCO2)c1C)C(=O)OC(C)(C)C. The Labute approximate surface area is 264 Å². The number of amides is 1. The normalized spacial score (nSPS) is 15.4. The van der Waals surface area contributed by atoms with Crippen molar-refractivity contribution >= 4 is 17.0 Å². The molecule has 0 aliphatic carbocycles. The number of aromatic nitrogens is 5. The van der Waals surface area contributed by atoms with Crippen LogP contribution in [0.2, 0.25) is 0 Å². The second kappa shape index (κ2) is 12.5. The first-order chi connectivity index (χ1) is 21.6. The molecule has 1 N–H and O–H groups in total. The van der Waals surface area contributed by atoms with Crippen molar-refractivity contribution in [1.82, 2.24) is 29.6 Å². The van der Waals surface area contributed by atoms with Crippen LogP contribution in [-0.4, -0.2) is 54.5 Å². The van der Waals surface area contributed by atoms with Crippen LogP contribution in [0.25, 0.3) is 44.8 Å². The molecule has 2 aromatic carbocycles. The fourth-order valence-corrected chi connectivity index (χ4v) is 5.93. The minimum atomic E-state index is -0.561. The molecule has 1 atom stereocenters. The zero-order chi connectivity index (χ0) is 31.7. The summed E-state index contributed by atoms with van der Waals surface area (Å²) in [5.41, 5.74) is 8.25. The number of hydrogen-bond acceptors (Lipinski definition) is 6. The lowest BCUT2D eigenvalue weighted by molar-refractivity contribution is -0.0365. The van der Waals surface area contributed by atoms with Crippen LogP contribution in [0.5, 0.6) is 0 Å². The molecule has 45 heavy (non-hydrogen) atoms. The summed E-state index contributed by atoms with van der Waals surface area (Å²) in [6.45, 7) is 13.4. The van der Waals surface area contributed by atoms with Crippen LogP contribution in [0, 0.1) is 13.8 Å². The molecule has 1 fully saturated rings. The van der Waals surface area contributed by atoms with E-state index >= 15 is 0 Å². The van der Waals surface area contributed by atoms with E-state index in [-0.39, 0.29) is 12.3 Å². The number of benzene rings is 2. The molecule has 0 spiro atoms. The highest BCUT2D eigenvalue weighted by molar-refractivity contribution is 5.95. The Kier molecular flexibility index (Phi) is 8.46. The Morgan fingerprint density at radius 1 is 1.07 bits per heavy atom. The standard InChI is InChI=1S/C36H42N6O3/c1-7-41(35(43)45-36(4,5)6)22-27-20-37-21-29(23(27)2)26-16-17-30-28(19-26)33(40-42(30)31-15-11-12-18-44-31)34-38-24(3)32(39-34)25-13-9-8-10-14-25/h8-10,13-14,16-17,19-21,31H,7,11-12,15,18,22H2,1-6H3,(H,38,39). The highest BCUT2D eigenvalue weighted by Gasteiger charge is 2.25. The van der Waals surface area contributed by atoms with Crippen molar-refractivity contribution in [3.8, 4) is 33.9 Å². The predicted octanol–water partition coefficient (Wildman–Crippen LogP) is 8.23. The van der Waals surface area contributed by atoms with Crippen LogP contribution in [-0.2, 0) is 16.0 Å². The minimum Gasteiger partial charge on any atom is -0.444 e. The number of hydrogen-bond donors (Lipinski definition) is 1. The molecule has 234 valence electrons. The topological polar surface area (TPSA) is 98.2 Å². The summed E-state index contributed by atoms with van der Waals surface area (Å²) >= 11 is 0. The molecule has 1 aliphatic heterocycles. The van der Waals surface area contributed by atoms with Gasteiger partial charge in [0.15, 0.2) is 12.1 Å². The molecule has 3 aromatic heterocycles. The molecular weight excluding hydrogens is 564 g/mol. The maximum atomic E-state index is 12.9. The van der Waals surface area contributed by atoms with E-state index in [2.05, 4.69) is 47.2 Å². The minimum absolute atomic E-state index is 0.120. The Hall–Kier alpha value is -4.50. The molecule has 4 heterocycles. The van der Waals surface area contributed by atoms with E-state index in [0.29, 0.717) is 13.1 Å². The van der Waals surface area contributed by atoms with Crippen molar-refractivity contribution in [3.63, 3.8) is 0 Å². The lowest BCUT2D eigenvalue weighted by atomic mass is 9.97. The smallest absolute Gasteiger partial charge is 0.410 e. The molecule has 1 amide bonds. The molecule has 1 aliphatic rings. The number of aryl methyl sites for hydroxylation is 1. The Morgan fingerprint density at radius 2 is 1.87 bits per heavy atom. The molecule has 0 saturated carbocycles.